The fourth-order valence-corrected chi connectivity index (χ4v) is 3.82. The summed E-state index contributed by atoms with van der Waals surface area (Å²) in [6.45, 7) is 6.38. The van der Waals surface area contributed by atoms with Gasteiger partial charge in [0.25, 0.3) is 0 Å². The normalized spacial score (nSPS) is 13.9. The lowest BCUT2D eigenvalue weighted by Crippen LogP contribution is -2.47. The second kappa shape index (κ2) is 8.77. The van der Waals surface area contributed by atoms with Gasteiger partial charge in [0.15, 0.2) is 0 Å². The van der Waals surface area contributed by atoms with E-state index in [0.29, 0.717) is 23.9 Å². The Morgan fingerprint density at radius 1 is 1.00 bits per heavy atom. The van der Waals surface area contributed by atoms with Crippen LogP contribution in [0.15, 0.2) is 48.8 Å². The van der Waals surface area contributed by atoms with Crippen LogP contribution in [0.2, 0.25) is 5.02 Å². The quantitative estimate of drug-likeness (QED) is 0.418. The molecule has 0 amide bonds. The number of para-hydroxylation sites is 1. The Balaban J connectivity index is 1.59. The topological polar surface area (TPSA) is 84.6 Å². The number of ether oxygens (including phenoxy) is 1. The molecule has 0 saturated carbocycles. The molecule has 1 aliphatic rings. The Bertz CT molecular complexity index is 1080. The lowest BCUT2D eigenvalue weighted by Gasteiger charge is -2.36. The van der Waals surface area contributed by atoms with Gasteiger partial charge in [-0.1, -0.05) is 29.8 Å². The average Bonchev–Trinajstić information content (AvgIpc) is 2.78. The molecule has 8 nitrogen and oxygen atoms in total. The van der Waals surface area contributed by atoms with Crippen molar-refractivity contribution in [2.24, 2.45) is 0 Å². The molecule has 3 aromatic rings. The van der Waals surface area contributed by atoms with E-state index in [9.17, 15) is 10.1 Å². The van der Waals surface area contributed by atoms with E-state index >= 15 is 0 Å². The highest BCUT2D eigenvalue weighted by atomic mass is 35.5. The van der Waals surface area contributed by atoms with Crippen LogP contribution in [0.5, 0.6) is 11.6 Å². The highest BCUT2D eigenvalue weighted by Gasteiger charge is 2.30. The van der Waals surface area contributed by atoms with Crippen molar-refractivity contribution in [3.8, 4) is 11.6 Å². The SMILES string of the molecule is Cc1cc(Oc2ncnc(N3CCN(c4ccccc4)CC3)c2[N+](=O)[O-])cc(C)c1Cl. The van der Waals surface area contributed by atoms with Gasteiger partial charge in [-0.2, -0.15) is 4.98 Å². The maximum Gasteiger partial charge on any atom is 0.373 e. The maximum absolute atomic E-state index is 11.9. The molecule has 160 valence electrons. The third-order valence-corrected chi connectivity index (χ3v) is 5.87. The molecular weight excluding hydrogens is 418 g/mol. The van der Waals surface area contributed by atoms with Crippen LogP contribution >= 0.6 is 11.6 Å². The molecule has 2 heterocycles. The molecule has 1 fully saturated rings. The predicted molar refractivity (Wildman–Crippen MR) is 121 cm³/mol. The van der Waals surface area contributed by atoms with E-state index in [4.69, 9.17) is 16.3 Å². The molecule has 9 heteroatoms. The van der Waals surface area contributed by atoms with Crippen LogP contribution in [-0.4, -0.2) is 41.1 Å². The van der Waals surface area contributed by atoms with Gasteiger partial charge in [0.05, 0.1) is 4.92 Å². The standard InChI is InChI=1S/C22H22ClN5O3/c1-15-12-18(13-16(2)19(15)23)31-22-20(28(29)30)21(24-14-25-22)27-10-8-26(9-11-27)17-6-4-3-5-7-17/h3-7,12-14H,8-11H2,1-2H3. The Morgan fingerprint density at radius 3 is 2.23 bits per heavy atom. The van der Waals surface area contributed by atoms with Gasteiger partial charge in [-0.25, -0.2) is 4.98 Å². The van der Waals surface area contributed by atoms with E-state index < -0.39 is 4.92 Å². The monoisotopic (exact) mass is 439 g/mol. The maximum atomic E-state index is 11.9. The van der Waals surface area contributed by atoms with Gasteiger partial charge in [-0.15, -0.1) is 0 Å². The molecule has 0 spiro atoms. The number of aromatic nitrogens is 2. The van der Waals surface area contributed by atoms with E-state index in [1.54, 1.807) is 12.1 Å². The van der Waals surface area contributed by atoms with Crippen LogP contribution in [0, 0.1) is 24.0 Å². The summed E-state index contributed by atoms with van der Waals surface area (Å²) in [6, 6.07) is 13.6. The largest absolute Gasteiger partial charge is 0.434 e. The van der Waals surface area contributed by atoms with Crippen molar-refractivity contribution >= 4 is 28.8 Å². The summed E-state index contributed by atoms with van der Waals surface area (Å²) in [7, 11) is 0. The van der Waals surface area contributed by atoms with Crippen LogP contribution < -0.4 is 14.5 Å². The van der Waals surface area contributed by atoms with E-state index in [1.807, 2.05) is 36.9 Å². The van der Waals surface area contributed by atoms with Gasteiger partial charge in [0.1, 0.15) is 12.1 Å². The predicted octanol–water partition coefficient (Wildman–Crippen LogP) is 4.77. The molecular formula is C22H22ClN5O3. The van der Waals surface area contributed by atoms with Gasteiger partial charge < -0.3 is 14.5 Å². The second-order valence-electron chi connectivity index (χ2n) is 7.39. The van der Waals surface area contributed by atoms with Crippen molar-refractivity contribution in [3.05, 3.63) is 75.1 Å². The number of benzene rings is 2. The number of hydrogen-bond donors (Lipinski definition) is 0. The fourth-order valence-electron chi connectivity index (χ4n) is 3.71. The molecule has 0 atom stereocenters. The third kappa shape index (κ3) is 4.39. The number of rotatable bonds is 5. The van der Waals surface area contributed by atoms with Gasteiger partial charge >= 0.3 is 11.6 Å². The first kappa shape index (κ1) is 20.9. The minimum absolute atomic E-state index is 0.0818. The van der Waals surface area contributed by atoms with Crippen molar-refractivity contribution in [2.45, 2.75) is 13.8 Å². The van der Waals surface area contributed by atoms with Crippen LogP contribution in [0.1, 0.15) is 11.1 Å². The molecule has 31 heavy (non-hydrogen) atoms. The molecule has 1 aromatic heterocycles. The van der Waals surface area contributed by atoms with E-state index in [-0.39, 0.29) is 17.4 Å². The molecule has 1 saturated heterocycles. The van der Waals surface area contributed by atoms with Crippen molar-refractivity contribution in [2.75, 3.05) is 36.0 Å². The van der Waals surface area contributed by atoms with E-state index in [1.165, 1.54) is 6.33 Å². The first-order valence-corrected chi connectivity index (χ1v) is 10.3. The molecule has 4 rings (SSSR count). The number of anilines is 2. The van der Waals surface area contributed by atoms with Crippen molar-refractivity contribution in [1.29, 1.82) is 0 Å². The minimum atomic E-state index is -0.482. The highest BCUT2D eigenvalue weighted by Crippen LogP contribution is 2.37. The van der Waals surface area contributed by atoms with Crippen molar-refractivity contribution in [3.63, 3.8) is 0 Å². The molecule has 0 aliphatic carbocycles. The smallest absolute Gasteiger partial charge is 0.373 e. The Hall–Kier alpha value is -3.39. The van der Waals surface area contributed by atoms with Crippen LogP contribution in [0.25, 0.3) is 0 Å². The number of aryl methyl sites for hydroxylation is 2. The summed E-state index contributed by atoms with van der Waals surface area (Å²) in [4.78, 5) is 23.9. The number of hydrogen-bond acceptors (Lipinski definition) is 7. The van der Waals surface area contributed by atoms with Gasteiger partial charge in [-0.3, -0.25) is 10.1 Å². The van der Waals surface area contributed by atoms with E-state index in [0.717, 1.165) is 29.9 Å². The molecule has 1 aliphatic heterocycles. The number of piperazine rings is 1. The number of nitro groups is 1. The molecule has 0 radical (unpaired) electrons. The molecule has 2 aromatic carbocycles. The molecule has 0 unspecified atom stereocenters. The lowest BCUT2D eigenvalue weighted by atomic mass is 10.1. The number of halogens is 1. The van der Waals surface area contributed by atoms with Crippen LogP contribution in [0.3, 0.4) is 0 Å². The summed E-state index contributed by atoms with van der Waals surface area (Å²) >= 11 is 6.22. The van der Waals surface area contributed by atoms with E-state index in [2.05, 4.69) is 27.0 Å². The Kier molecular flexibility index (Phi) is 5.90. The third-order valence-electron chi connectivity index (χ3n) is 5.28. The average molecular weight is 440 g/mol. The highest BCUT2D eigenvalue weighted by molar-refractivity contribution is 6.32. The number of nitrogens with zero attached hydrogens (tertiary/aromatic N) is 5. The summed E-state index contributed by atoms with van der Waals surface area (Å²) in [5.74, 6) is 0.632. The zero-order valence-corrected chi connectivity index (χ0v) is 18.0. The van der Waals surface area contributed by atoms with Gasteiger partial charge in [0, 0.05) is 36.9 Å². The van der Waals surface area contributed by atoms with Crippen molar-refractivity contribution in [1.82, 2.24) is 9.97 Å². The van der Waals surface area contributed by atoms with Crippen LogP contribution in [0.4, 0.5) is 17.2 Å². The zero-order chi connectivity index (χ0) is 22.0. The van der Waals surface area contributed by atoms with Crippen molar-refractivity contribution < 1.29 is 9.66 Å². The Morgan fingerprint density at radius 2 is 1.61 bits per heavy atom. The summed E-state index contributed by atoms with van der Waals surface area (Å²) < 4.78 is 5.82. The summed E-state index contributed by atoms with van der Waals surface area (Å²) in [5, 5.41) is 12.6. The fraction of sp³-hybridized carbons (Fsp3) is 0.273. The Labute approximate surface area is 185 Å². The summed E-state index contributed by atoms with van der Waals surface area (Å²) in [5.41, 5.74) is 2.55. The second-order valence-corrected chi connectivity index (χ2v) is 7.77. The van der Waals surface area contributed by atoms with Gasteiger partial charge in [0.2, 0.25) is 5.82 Å². The summed E-state index contributed by atoms with van der Waals surface area (Å²) in [6.07, 6.45) is 1.30. The minimum Gasteiger partial charge on any atom is -0.434 e. The first-order chi connectivity index (χ1) is 14.9. The zero-order valence-electron chi connectivity index (χ0n) is 17.3. The lowest BCUT2D eigenvalue weighted by molar-refractivity contribution is -0.385. The van der Waals surface area contributed by atoms with Gasteiger partial charge in [-0.05, 0) is 49.2 Å². The molecule has 0 bridgehead atoms. The molecule has 0 N–H and O–H groups in total. The van der Waals surface area contributed by atoms with Crippen LogP contribution in [-0.2, 0) is 0 Å². The first-order valence-electron chi connectivity index (χ1n) is 9.93.